The molecule has 2 aromatic carbocycles. The Bertz CT molecular complexity index is 1100. The summed E-state index contributed by atoms with van der Waals surface area (Å²) < 4.78 is 0. The molecule has 8 nitrogen and oxygen atoms in total. The summed E-state index contributed by atoms with van der Waals surface area (Å²) in [6.45, 7) is 0. The summed E-state index contributed by atoms with van der Waals surface area (Å²) in [7, 11) is 0. The first kappa shape index (κ1) is 17.9. The second-order valence-electron chi connectivity index (χ2n) is 5.36. The first-order valence-corrected chi connectivity index (χ1v) is 8.43. The lowest BCUT2D eigenvalue weighted by Crippen LogP contribution is -1.88. The van der Waals surface area contributed by atoms with Gasteiger partial charge in [0.15, 0.2) is 0 Å². The van der Waals surface area contributed by atoms with Gasteiger partial charge in [-0.05, 0) is 23.8 Å². The van der Waals surface area contributed by atoms with Gasteiger partial charge in [-0.3, -0.25) is 20.2 Å². The Balaban J connectivity index is 1.91. The van der Waals surface area contributed by atoms with Gasteiger partial charge >= 0.3 is 0 Å². The van der Waals surface area contributed by atoms with Gasteiger partial charge in [0.1, 0.15) is 11.1 Å². The number of hydrogen-bond acceptors (Lipinski definition) is 7. The van der Waals surface area contributed by atoms with E-state index in [4.69, 9.17) is 0 Å². The topological polar surface area (TPSA) is 123 Å². The van der Waals surface area contributed by atoms with Gasteiger partial charge in [0.25, 0.3) is 11.4 Å². The molecule has 0 aliphatic carbocycles. The fourth-order valence-corrected chi connectivity index (χ4v) is 3.10. The molecule has 0 aliphatic rings. The van der Waals surface area contributed by atoms with E-state index in [9.17, 15) is 25.5 Å². The summed E-state index contributed by atoms with van der Waals surface area (Å²) in [5.74, 6) is 0. The molecule has 1 heterocycles. The number of allylic oxidation sites excluding steroid dienone is 1. The molecular weight excluding hydrogens is 368 g/mol. The van der Waals surface area contributed by atoms with Crippen LogP contribution < -0.4 is 0 Å². The van der Waals surface area contributed by atoms with Crippen molar-refractivity contribution in [3.05, 3.63) is 84.7 Å². The summed E-state index contributed by atoms with van der Waals surface area (Å²) in [6.07, 6.45) is 1.58. The van der Waals surface area contributed by atoms with Crippen LogP contribution in [0.5, 0.6) is 0 Å². The van der Waals surface area contributed by atoms with Crippen LogP contribution in [0.2, 0.25) is 0 Å². The number of nitrogens with zero attached hydrogens (tertiary/aromatic N) is 4. The number of aromatic nitrogens is 1. The Morgan fingerprint density at radius 3 is 2.41 bits per heavy atom. The second-order valence-corrected chi connectivity index (χ2v) is 6.22. The lowest BCUT2D eigenvalue weighted by Gasteiger charge is -1.97. The number of rotatable bonds is 5. The van der Waals surface area contributed by atoms with E-state index in [0.717, 1.165) is 0 Å². The van der Waals surface area contributed by atoms with Crippen LogP contribution in [0.3, 0.4) is 0 Å². The monoisotopic (exact) mass is 378 g/mol. The molecule has 0 unspecified atom stereocenters. The van der Waals surface area contributed by atoms with E-state index in [1.165, 1.54) is 35.6 Å². The van der Waals surface area contributed by atoms with Crippen LogP contribution in [0.15, 0.2) is 53.9 Å². The minimum atomic E-state index is -0.495. The van der Waals surface area contributed by atoms with Crippen molar-refractivity contribution in [2.24, 2.45) is 0 Å². The molecule has 0 radical (unpaired) electrons. The molecule has 0 spiro atoms. The van der Waals surface area contributed by atoms with Gasteiger partial charge < -0.3 is 0 Å². The Morgan fingerprint density at radius 2 is 1.78 bits per heavy atom. The Kier molecular flexibility index (Phi) is 5.01. The lowest BCUT2D eigenvalue weighted by atomic mass is 10.1. The van der Waals surface area contributed by atoms with Crippen molar-refractivity contribution in [3.8, 4) is 17.3 Å². The van der Waals surface area contributed by atoms with Crippen molar-refractivity contribution in [1.29, 1.82) is 5.26 Å². The molecule has 27 heavy (non-hydrogen) atoms. The van der Waals surface area contributed by atoms with Crippen LogP contribution in [0.1, 0.15) is 10.6 Å². The molecule has 3 aromatic rings. The molecule has 0 saturated heterocycles. The highest BCUT2D eigenvalue weighted by Gasteiger charge is 2.12. The van der Waals surface area contributed by atoms with Gasteiger partial charge in [-0.2, -0.15) is 5.26 Å². The SMILES string of the molecule is N#C/C(=C\c1ccc([N+](=O)[O-])cc1)c1nc(-c2cccc([N+](=O)[O-])c2)cs1. The van der Waals surface area contributed by atoms with Crippen molar-refractivity contribution < 1.29 is 9.85 Å². The van der Waals surface area contributed by atoms with Crippen LogP contribution in [-0.2, 0) is 0 Å². The van der Waals surface area contributed by atoms with Crippen molar-refractivity contribution >= 4 is 34.4 Å². The van der Waals surface area contributed by atoms with E-state index in [2.05, 4.69) is 11.1 Å². The average Bonchev–Trinajstić information content (AvgIpc) is 3.16. The number of non-ortho nitro benzene ring substituents is 2. The molecule has 0 saturated carbocycles. The molecule has 0 atom stereocenters. The van der Waals surface area contributed by atoms with Crippen LogP contribution in [0.4, 0.5) is 11.4 Å². The van der Waals surface area contributed by atoms with E-state index in [-0.39, 0.29) is 11.4 Å². The summed E-state index contributed by atoms with van der Waals surface area (Å²) in [5, 5.41) is 33.2. The molecule has 0 N–H and O–H groups in total. The van der Waals surface area contributed by atoms with Crippen LogP contribution in [0, 0.1) is 31.6 Å². The third-order valence-corrected chi connectivity index (χ3v) is 4.50. The van der Waals surface area contributed by atoms with Gasteiger partial charge in [-0.1, -0.05) is 12.1 Å². The smallest absolute Gasteiger partial charge is 0.258 e. The highest BCUT2D eigenvalue weighted by molar-refractivity contribution is 7.11. The van der Waals surface area contributed by atoms with E-state index in [0.29, 0.717) is 27.4 Å². The number of benzene rings is 2. The van der Waals surface area contributed by atoms with Gasteiger partial charge in [0, 0.05) is 35.2 Å². The Hall–Kier alpha value is -3.90. The molecular formula is C18H10N4O4S. The predicted molar refractivity (Wildman–Crippen MR) is 101 cm³/mol. The number of thiazole rings is 1. The van der Waals surface area contributed by atoms with Crippen LogP contribution in [0.25, 0.3) is 22.9 Å². The van der Waals surface area contributed by atoms with Gasteiger partial charge in [0.05, 0.1) is 21.1 Å². The molecule has 0 fully saturated rings. The van der Waals surface area contributed by atoms with Crippen molar-refractivity contribution in [2.45, 2.75) is 0 Å². The quantitative estimate of drug-likeness (QED) is 0.360. The molecule has 0 amide bonds. The summed E-state index contributed by atoms with van der Waals surface area (Å²) in [4.78, 5) is 25.0. The van der Waals surface area contributed by atoms with Crippen molar-refractivity contribution in [3.63, 3.8) is 0 Å². The van der Waals surface area contributed by atoms with E-state index < -0.39 is 9.85 Å². The molecule has 1 aromatic heterocycles. The normalized spacial score (nSPS) is 11.0. The second kappa shape index (κ2) is 7.55. The van der Waals surface area contributed by atoms with E-state index >= 15 is 0 Å². The minimum Gasteiger partial charge on any atom is -0.258 e. The fraction of sp³-hybridized carbons (Fsp3) is 0. The van der Waals surface area contributed by atoms with Gasteiger partial charge in [-0.15, -0.1) is 11.3 Å². The minimum absolute atomic E-state index is 0.0344. The van der Waals surface area contributed by atoms with Gasteiger partial charge in [0.2, 0.25) is 0 Å². The number of nitriles is 1. The third kappa shape index (κ3) is 4.02. The van der Waals surface area contributed by atoms with Gasteiger partial charge in [-0.25, -0.2) is 4.98 Å². The maximum Gasteiger partial charge on any atom is 0.270 e. The number of nitro groups is 2. The van der Waals surface area contributed by atoms with Crippen LogP contribution in [-0.4, -0.2) is 14.8 Å². The Labute approximate surface area is 157 Å². The molecule has 132 valence electrons. The lowest BCUT2D eigenvalue weighted by molar-refractivity contribution is -0.385. The first-order valence-electron chi connectivity index (χ1n) is 7.55. The summed E-state index contributed by atoms with van der Waals surface area (Å²) in [5.41, 5.74) is 1.97. The van der Waals surface area contributed by atoms with Crippen molar-refractivity contribution in [2.75, 3.05) is 0 Å². The average molecular weight is 378 g/mol. The largest absolute Gasteiger partial charge is 0.270 e. The summed E-state index contributed by atoms with van der Waals surface area (Å²) >= 11 is 1.24. The number of nitro benzene ring substituents is 2. The maximum absolute atomic E-state index is 10.9. The predicted octanol–water partition coefficient (Wildman–Crippen LogP) is 4.69. The zero-order valence-corrected chi connectivity index (χ0v) is 14.4. The number of hydrogen-bond donors (Lipinski definition) is 0. The van der Waals surface area contributed by atoms with Crippen LogP contribution >= 0.6 is 11.3 Å². The van der Waals surface area contributed by atoms with E-state index in [1.807, 2.05) is 0 Å². The third-order valence-electron chi connectivity index (χ3n) is 3.62. The fourth-order valence-electron chi connectivity index (χ4n) is 2.31. The zero-order valence-electron chi connectivity index (χ0n) is 13.6. The molecule has 9 heteroatoms. The molecule has 0 aliphatic heterocycles. The highest BCUT2D eigenvalue weighted by atomic mass is 32.1. The summed E-state index contributed by atoms with van der Waals surface area (Å²) in [6, 6.07) is 14.0. The Morgan fingerprint density at radius 1 is 1.07 bits per heavy atom. The zero-order chi connectivity index (χ0) is 19.4. The standard InChI is InChI=1S/C18H10N4O4S/c19-10-14(8-12-4-6-15(7-5-12)21(23)24)18-20-17(11-27-18)13-2-1-3-16(9-13)22(25)26/h1-9,11H/b14-8+. The van der Waals surface area contributed by atoms with E-state index in [1.54, 1.807) is 35.7 Å². The first-order chi connectivity index (χ1) is 13.0. The van der Waals surface area contributed by atoms with Crippen molar-refractivity contribution in [1.82, 2.24) is 4.98 Å². The molecule has 0 bridgehead atoms. The maximum atomic E-state index is 10.9. The molecule has 3 rings (SSSR count). The highest BCUT2D eigenvalue weighted by Crippen LogP contribution is 2.29.